The Bertz CT molecular complexity index is 676. The molecule has 2 aromatic rings. The van der Waals surface area contributed by atoms with Gasteiger partial charge >= 0.3 is 5.97 Å². The zero-order chi connectivity index (χ0) is 17.5. The van der Waals surface area contributed by atoms with Gasteiger partial charge in [-0.25, -0.2) is 0 Å². The van der Waals surface area contributed by atoms with Gasteiger partial charge in [0, 0.05) is 13.1 Å². The van der Waals surface area contributed by atoms with Gasteiger partial charge in [0.25, 0.3) is 0 Å². The molecule has 6 nitrogen and oxygen atoms in total. The highest BCUT2D eigenvalue weighted by Crippen LogP contribution is 2.20. The fourth-order valence-electron chi connectivity index (χ4n) is 3.30. The number of anilines is 1. The Labute approximate surface area is 147 Å². The summed E-state index contributed by atoms with van der Waals surface area (Å²) >= 11 is 0. The molecule has 6 heteroatoms. The summed E-state index contributed by atoms with van der Waals surface area (Å²) in [5.41, 5.74) is 2.17. The number of benzene rings is 1. The Morgan fingerprint density at radius 1 is 1.20 bits per heavy atom. The molecule has 132 valence electrons. The van der Waals surface area contributed by atoms with Gasteiger partial charge in [0.2, 0.25) is 0 Å². The molecule has 0 bridgehead atoms. The van der Waals surface area contributed by atoms with Crippen LogP contribution in [0.1, 0.15) is 24.1 Å². The van der Waals surface area contributed by atoms with Gasteiger partial charge < -0.3 is 10.4 Å². The molecule has 0 saturated carbocycles. The monoisotopic (exact) mass is 340 g/mol. The van der Waals surface area contributed by atoms with Crippen LogP contribution in [-0.2, 0) is 17.8 Å². The molecule has 3 rings (SSSR count). The second-order valence-electron chi connectivity index (χ2n) is 6.59. The molecule has 0 aliphatic carbocycles. The van der Waals surface area contributed by atoms with Gasteiger partial charge in [0.05, 0.1) is 12.2 Å². The number of likely N-dealkylation sites (tertiary alicyclic amines) is 1. The number of carbonyl (C=O) groups is 1. The van der Waals surface area contributed by atoms with Crippen molar-refractivity contribution < 1.29 is 9.90 Å². The normalized spacial score (nSPS) is 18.0. The summed E-state index contributed by atoms with van der Waals surface area (Å²) in [6.07, 6.45) is 3.01. The molecule has 1 aromatic carbocycles. The van der Waals surface area contributed by atoms with Crippen LogP contribution < -0.4 is 5.32 Å². The third kappa shape index (κ3) is 5.53. The lowest BCUT2D eigenvalue weighted by atomic mass is 9.93. The maximum absolute atomic E-state index is 10.9. The molecule has 1 fully saturated rings. The topological polar surface area (TPSA) is 78.4 Å². The van der Waals surface area contributed by atoms with Gasteiger partial charge in [-0.05, 0) is 49.4 Å². The van der Waals surface area contributed by atoms with E-state index >= 15 is 0 Å². The van der Waals surface area contributed by atoms with Gasteiger partial charge in [-0.15, -0.1) is 5.10 Å². The average molecular weight is 340 g/mol. The number of hydrogen-bond donors (Lipinski definition) is 2. The largest absolute Gasteiger partial charge is 0.480 e. The third-order valence-corrected chi connectivity index (χ3v) is 4.50. The first-order valence-corrected chi connectivity index (χ1v) is 8.73. The van der Waals surface area contributed by atoms with Crippen LogP contribution in [-0.4, -0.2) is 45.8 Å². The number of hydrogen-bond acceptors (Lipinski definition) is 5. The zero-order valence-electron chi connectivity index (χ0n) is 14.3. The lowest BCUT2D eigenvalue weighted by Gasteiger charge is -2.31. The average Bonchev–Trinajstić information content (AvgIpc) is 2.62. The van der Waals surface area contributed by atoms with Crippen LogP contribution in [0.5, 0.6) is 0 Å². The summed E-state index contributed by atoms with van der Waals surface area (Å²) in [5, 5.41) is 20.8. The number of carboxylic acid groups (broad SMARTS) is 1. The van der Waals surface area contributed by atoms with Crippen molar-refractivity contribution in [2.24, 2.45) is 5.92 Å². The summed E-state index contributed by atoms with van der Waals surface area (Å²) in [6.45, 7) is 2.55. The Kier molecular flexibility index (Phi) is 5.95. The first-order valence-electron chi connectivity index (χ1n) is 8.73. The van der Waals surface area contributed by atoms with Crippen LogP contribution in [0.3, 0.4) is 0 Å². The minimum atomic E-state index is -0.755. The van der Waals surface area contributed by atoms with E-state index in [0.717, 1.165) is 50.4 Å². The van der Waals surface area contributed by atoms with Crippen molar-refractivity contribution in [3.05, 3.63) is 53.7 Å². The van der Waals surface area contributed by atoms with Crippen molar-refractivity contribution in [2.45, 2.75) is 25.8 Å². The second-order valence-corrected chi connectivity index (χ2v) is 6.59. The van der Waals surface area contributed by atoms with E-state index in [1.54, 1.807) is 0 Å². The standard InChI is InChI=1S/C19H24N4O2/c24-19(25)14-23-10-4-7-16(13-23)11-17-8-9-18(22-21-17)20-12-15-5-2-1-3-6-15/h1-3,5-6,8-9,16H,4,7,10-14H2,(H,20,22)(H,24,25)/t16-/m0/s1. The predicted molar refractivity (Wildman–Crippen MR) is 96.3 cm³/mol. The first-order chi connectivity index (χ1) is 12.2. The van der Waals surface area contributed by atoms with Gasteiger partial charge in [-0.2, -0.15) is 5.10 Å². The fourth-order valence-corrected chi connectivity index (χ4v) is 3.30. The van der Waals surface area contributed by atoms with Crippen LogP contribution in [0.2, 0.25) is 0 Å². The van der Waals surface area contributed by atoms with E-state index in [1.165, 1.54) is 5.56 Å². The Morgan fingerprint density at radius 3 is 2.76 bits per heavy atom. The summed E-state index contributed by atoms with van der Waals surface area (Å²) in [5.74, 6) is 0.462. The van der Waals surface area contributed by atoms with Crippen LogP contribution in [0.4, 0.5) is 5.82 Å². The third-order valence-electron chi connectivity index (χ3n) is 4.50. The zero-order valence-corrected chi connectivity index (χ0v) is 14.3. The maximum atomic E-state index is 10.9. The minimum absolute atomic E-state index is 0.129. The van der Waals surface area contributed by atoms with Crippen molar-refractivity contribution in [2.75, 3.05) is 25.0 Å². The van der Waals surface area contributed by atoms with E-state index in [-0.39, 0.29) is 6.54 Å². The molecule has 1 atom stereocenters. The Balaban J connectivity index is 1.49. The van der Waals surface area contributed by atoms with Crippen molar-refractivity contribution >= 4 is 11.8 Å². The van der Waals surface area contributed by atoms with E-state index in [0.29, 0.717) is 5.92 Å². The molecule has 1 saturated heterocycles. The molecule has 0 spiro atoms. The molecule has 0 radical (unpaired) electrons. The van der Waals surface area contributed by atoms with Crippen LogP contribution >= 0.6 is 0 Å². The lowest BCUT2D eigenvalue weighted by molar-refractivity contribution is -0.138. The summed E-state index contributed by atoms with van der Waals surface area (Å²) in [7, 11) is 0. The maximum Gasteiger partial charge on any atom is 0.317 e. The molecule has 2 heterocycles. The van der Waals surface area contributed by atoms with Gasteiger partial charge in [0.15, 0.2) is 0 Å². The smallest absolute Gasteiger partial charge is 0.317 e. The molecular weight excluding hydrogens is 316 g/mol. The van der Waals surface area contributed by atoms with E-state index in [4.69, 9.17) is 5.11 Å². The molecule has 1 aliphatic rings. The Hall–Kier alpha value is -2.47. The van der Waals surface area contributed by atoms with Crippen LogP contribution in [0, 0.1) is 5.92 Å². The molecule has 25 heavy (non-hydrogen) atoms. The number of aliphatic carboxylic acids is 1. The number of carboxylic acids is 1. The van der Waals surface area contributed by atoms with Gasteiger partial charge in [-0.3, -0.25) is 9.69 Å². The summed E-state index contributed by atoms with van der Waals surface area (Å²) in [4.78, 5) is 12.9. The van der Waals surface area contributed by atoms with E-state index in [2.05, 4.69) is 27.6 Å². The molecular formula is C19H24N4O2. The SMILES string of the molecule is O=C(O)CN1CCC[C@@H](Cc2ccc(NCc3ccccc3)nn2)C1. The summed E-state index contributed by atoms with van der Waals surface area (Å²) in [6, 6.07) is 14.1. The number of aromatic nitrogens is 2. The molecule has 1 aromatic heterocycles. The van der Waals surface area contributed by atoms with Crippen molar-refractivity contribution in [3.8, 4) is 0 Å². The highest BCUT2D eigenvalue weighted by atomic mass is 16.4. The second kappa shape index (κ2) is 8.58. The van der Waals surface area contributed by atoms with Crippen LogP contribution in [0.15, 0.2) is 42.5 Å². The van der Waals surface area contributed by atoms with Crippen molar-refractivity contribution in [3.63, 3.8) is 0 Å². The van der Waals surface area contributed by atoms with E-state index in [9.17, 15) is 4.79 Å². The molecule has 2 N–H and O–H groups in total. The van der Waals surface area contributed by atoms with Gasteiger partial charge in [-0.1, -0.05) is 30.3 Å². The predicted octanol–water partition coefficient (Wildman–Crippen LogP) is 2.43. The highest BCUT2D eigenvalue weighted by molar-refractivity contribution is 5.69. The van der Waals surface area contributed by atoms with Gasteiger partial charge in [0.1, 0.15) is 5.82 Å². The minimum Gasteiger partial charge on any atom is -0.480 e. The van der Waals surface area contributed by atoms with E-state index < -0.39 is 5.97 Å². The van der Waals surface area contributed by atoms with E-state index in [1.807, 2.05) is 35.2 Å². The highest BCUT2D eigenvalue weighted by Gasteiger charge is 2.22. The number of nitrogens with one attached hydrogen (secondary N) is 1. The molecule has 0 amide bonds. The van der Waals surface area contributed by atoms with Crippen molar-refractivity contribution in [1.82, 2.24) is 15.1 Å². The molecule has 0 unspecified atom stereocenters. The number of nitrogens with zero attached hydrogens (tertiary/aromatic N) is 3. The van der Waals surface area contributed by atoms with Crippen LogP contribution in [0.25, 0.3) is 0 Å². The first kappa shape index (κ1) is 17.4. The molecule has 1 aliphatic heterocycles. The quantitative estimate of drug-likeness (QED) is 0.806. The fraction of sp³-hybridized carbons (Fsp3) is 0.421. The lowest BCUT2D eigenvalue weighted by Crippen LogP contribution is -2.39. The Morgan fingerprint density at radius 2 is 2.04 bits per heavy atom. The number of piperidine rings is 1. The van der Waals surface area contributed by atoms with Crippen molar-refractivity contribution in [1.29, 1.82) is 0 Å². The number of rotatable bonds is 7. The summed E-state index contributed by atoms with van der Waals surface area (Å²) < 4.78 is 0.